The highest BCUT2D eigenvalue weighted by Gasteiger charge is 2.18. The van der Waals surface area contributed by atoms with Gasteiger partial charge in [-0.1, -0.05) is 18.1 Å². The van der Waals surface area contributed by atoms with Crippen molar-refractivity contribution in [3.05, 3.63) is 47.0 Å². The molecule has 1 aliphatic rings. The Bertz CT molecular complexity index is 685. The number of rotatable bonds is 3. The minimum atomic E-state index is -0.232. The highest BCUT2D eigenvalue weighted by atomic mass is 16.3. The molecule has 0 atom stereocenters. The van der Waals surface area contributed by atoms with Crippen LogP contribution >= 0.6 is 0 Å². The van der Waals surface area contributed by atoms with Gasteiger partial charge in [0, 0.05) is 19.3 Å². The molecule has 5 heteroatoms. The Morgan fingerprint density at radius 3 is 2.82 bits per heavy atom. The fourth-order valence-corrected chi connectivity index (χ4v) is 2.16. The van der Waals surface area contributed by atoms with E-state index in [1.54, 1.807) is 31.3 Å². The number of hydrogen-bond donors (Lipinski definition) is 0. The number of hydrogen-bond acceptors (Lipinski definition) is 5. The van der Waals surface area contributed by atoms with Gasteiger partial charge in [0.2, 0.25) is 5.78 Å². The van der Waals surface area contributed by atoms with Gasteiger partial charge in [-0.2, -0.15) is 0 Å². The van der Waals surface area contributed by atoms with Crippen LogP contribution in [0.3, 0.4) is 0 Å². The molecule has 22 heavy (non-hydrogen) atoms. The number of pyridine rings is 1. The van der Waals surface area contributed by atoms with Gasteiger partial charge in [-0.05, 0) is 54.6 Å². The predicted octanol–water partition coefficient (Wildman–Crippen LogP) is 3.15. The summed E-state index contributed by atoms with van der Waals surface area (Å²) in [5, 5.41) is 3.01. The summed E-state index contributed by atoms with van der Waals surface area (Å²) in [6.45, 7) is 6.71. The van der Waals surface area contributed by atoms with Crippen LogP contribution < -0.4 is 4.90 Å². The van der Waals surface area contributed by atoms with Gasteiger partial charge in [0.25, 0.3) is 0 Å². The van der Waals surface area contributed by atoms with Crippen molar-refractivity contribution in [2.45, 2.75) is 19.8 Å². The first-order valence-electron chi connectivity index (χ1n) is 7.04. The molecule has 0 saturated carbocycles. The molecule has 0 aliphatic carbocycles. The number of ketones is 1. The fourth-order valence-electron chi connectivity index (χ4n) is 2.16. The van der Waals surface area contributed by atoms with Crippen molar-refractivity contribution in [2.24, 2.45) is 5.18 Å². The van der Waals surface area contributed by atoms with E-state index in [2.05, 4.69) is 28.6 Å². The summed E-state index contributed by atoms with van der Waals surface area (Å²) in [7, 11) is 0. The van der Waals surface area contributed by atoms with E-state index in [1.807, 2.05) is 4.90 Å². The number of carbonyl (C=O) groups excluding carboxylic acids is 1. The second-order valence-electron chi connectivity index (χ2n) is 5.11. The summed E-state index contributed by atoms with van der Waals surface area (Å²) in [4.78, 5) is 28.4. The first-order chi connectivity index (χ1) is 10.6. The Kier molecular flexibility index (Phi) is 5.21. The summed E-state index contributed by atoms with van der Waals surface area (Å²) in [5.41, 5.74) is 2.00. The molecule has 0 radical (unpaired) electrons. The predicted molar refractivity (Wildman–Crippen MR) is 86.8 cm³/mol. The number of aromatic nitrogens is 1. The van der Waals surface area contributed by atoms with Crippen LogP contribution in [0.1, 0.15) is 19.8 Å². The number of nitroso groups, excluding NO2 is 1. The Morgan fingerprint density at radius 2 is 2.18 bits per heavy atom. The van der Waals surface area contributed by atoms with E-state index >= 15 is 0 Å². The Labute approximate surface area is 129 Å². The van der Waals surface area contributed by atoms with E-state index in [-0.39, 0.29) is 5.78 Å². The number of Topliss-reactive ketones (excluding diaryl/α,β-unsaturated/α-hetero) is 1. The van der Waals surface area contributed by atoms with Gasteiger partial charge in [-0.15, -0.1) is 4.91 Å². The van der Waals surface area contributed by atoms with Crippen molar-refractivity contribution in [1.82, 2.24) is 4.98 Å². The van der Waals surface area contributed by atoms with E-state index < -0.39 is 0 Å². The highest BCUT2D eigenvalue weighted by Crippen LogP contribution is 2.28. The van der Waals surface area contributed by atoms with Crippen molar-refractivity contribution in [1.29, 1.82) is 0 Å². The summed E-state index contributed by atoms with van der Waals surface area (Å²) in [6.07, 6.45) is 5.11. The zero-order chi connectivity index (χ0) is 15.9. The monoisotopic (exact) mass is 295 g/mol. The maximum Gasteiger partial charge on any atom is 0.231 e. The van der Waals surface area contributed by atoms with Gasteiger partial charge in [0.05, 0.1) is 0 Å². The van der Waals surface area contributed by atoms with Crippen LogP contribution in [-0.2, 0) is 4.79 Å². The number of anilines is 1. The molecular formula is C17H17N3O2. The summed E-state index contributed by atoms with van der Waals surface area (Å²) in [6, 6.07) is 3.36. The van der Waals surface area contributed by atoms with Crippen LogP contribution in [0.5, 0.6) is 0 Å². The molecule has 1 aromatic heterocycles. The third kappa shape index (κ3) is 3.89. The lowest BCUT2D eigenvalue weighted by molar-refractivity contribution is -0.110. The fraction of sp³-hybridized carbons (Fsp3) is 0.294. The number of carbonyl (C=O) groups is 1. The number of piperidine rings is 1. The lowest BCUT2D eigenvalue weighted by Crippen LogP contribution is -2.31. The first-order valence-corrected chi connectivity index (χ1v) is 7.04. The SMILES string of the molecule is C=C(C)C(=O)C#CC=C1CCN(c2ncccc2N=O)CC1. The standard InChI is InChI=1S/C17H17N3O2/c1-13(2)16(21)7-3-5-14-8-11-20(12-9-14)17-15(19-22)6-4-10-18-17/h4-6,10H,1,8-9,11-12H2,2H3. The van der Waals surface area contributed by atoms with Gasteiger partial charge in [0.15, 0.2) is 5.82 Å². The van der Waals surface area contributed by atoms with Crippen molar-refractivity contribution < 1.29 is 4.79 Å². The largest absolute Gasteiger partial charge is 0.354 e. The topological polar surface area (TPSA) is 62.6 Å². The molecule has 0 amide bonds. The highest BCUT2D eigenvalue weighted by molar-refractivity contribution is 6.07. The summed E-state index contributed by atoms with van der Waals surface area (Å²) < 4.78 is 0. The Morgan fingerprint density at radius 1 is 1.45 bits per heavy atom. The van der Waals surface area contributed by atoms with Gasteiger partial charge in [-0.25, -0.2) is 4.98 Å². The zero-order valence-corrected chi connectivity index (χ0v) is 12.5. The average Bonchev–Trinajstić information content (AvgIpc) is 2.55. The second-order valence-corrected chi connectivity index (χ2v) is 5.11. The Hall–Kier alpha value is -2.74. The van der Waals surface area contributed by atoms with Crippen LogP contribution in [-0.4, -0.2) is 23.9 Å². The van der Waals surface area contributed by atoms with Crippen LogP contribution in [0.2, 0.25) is 0 Å². The molecule has 5 nitrogen and oxygen atoms in total. The van der Waals surface area contributed by atoms with Crippen molar-refractivity contribution >= 4 is 17.3 Å². The molecule has 0 N–H and O–H groups in total. The van der Waals surface area contributed by atoms with Crippen LogP contribution in [0.15, 0.2) is 47.3 Å². The maximum atomic E-state index is 11.3. The minimum absolute atomic E-state index is 0.232. The molecule has 1 aliphatic heterocycles. The zero-order valence-electron chi connectivity index (χ0n) is 12.5. The minimum Gasteiger partial charge on any atom is -0.354 e. The maximum absolute atomic E-state index is 11.3. The summed E-state index contributed by atoms with van der Waals surface area (Å²) in [5.74, 6) is 5.72. The third-order valence-corrected chi connectivity index (χ3v) is 3.42. The van der Waals surface area contributed by atoms with Gasteiger partial charge in [0.1, 0.15) is 5.69 Å². The molecule has 112 valence electrons. The quantitative estimate of drug-likeness (QED) is 0.372. The Balaban J connectivity index is 2.00. The van der Waals surface area contributed by atoms with E-state index in [0.717, 1.165) is 25.9 Å². The molecule has 1 saturated heterocycles. The van der Waals surface area contributed by atoms with Crippen molar-refractivity contribution in [3.8, 4) is 11.8 Å². The van der Waals surface area contributed by atoms with Crippen molar-refractivity contribution in [2.75, 3.05) is 18.0 Å². The number of nitrogens with zero attached hydrogens (tertiary/aromatic N) is 3. The van der Waals surface area contributed by atoms with E-state index in [4.69, 9.17) is 0 Å². The molecule has 0 spiro atoms. The number of allylic oxidation sites excluding steroid dienone is 2. The van der Waals surface area contributed by atoms with Gasteiger partial charge >= 0.3 is 0 Å². The summed E-state index contributed by atoms with van der Waals surface area (Å²) >= 11 is 0. The average molecular weight is 295 g/mol. The van der Waals surface area contributed by atoms with Gasteiger partial charge in [-0.3, -0.25) is 4.79 Å². The lowest BCUT2D eigenvalue weighted by atomic mass is 10.0. The second kappa shape index (κ2) is 7.32. The van der Waals surface area contributed by atoms with Gasteiger partial charge < -0.3 is 4.90 Å². The molecule has 2 rings (SSSR count). The smallest absolute Gasteiger partial charge is 0.231 e. The van der Waals surface area contributed by atoms with Crippen LogP contribution in [0.25, 0.3) is 0 Å². The van der Waals surface area contributed by atoms with Crippen LogP contribution in [0.4, 0.5) is 11.5 Å². The first kappa shape index (κ1) is 15.6. The van der Waals surface area contributed by atoms with E-state index in [1.165, 1.54) is 5.57 Å². The van der Waals surface area contributed by atoms with Crippen LogP contribution in [0, 0.1) is 16.7 Å². The van der Waals surface area contributed by atoms with E-state index in [0.29, 0.717) is 17.1 Å². The van der Waals surface area contributed by atoms with E-state index in [9.17, 15) is 9.70 Å². The molecule has 0 bridgehead atoms. The molecule has 1 aromatic rings. The third-order valence-electron chi connectivity index (χ3n) is 3.42. The molecular weight excluding hydrogens is 278 g/mol. The molecule has 0 aromatic carbocycles. The van der Waals surface area contributed by atoms with Crippen molar-refractivity contribution in [3.63, 3.8) is 0 Å². The molecule has 2 heterocycles. The normalized spacial score (nSPS) is 13.9. The molecule has 1 fully saturated rings. The lowest BCUT2D eigenvalue weighted by Gasteiger charge is -2.29. The molecule has 0 unspecified atom stereocenters.